The normalized spacial score (nSPS) is 16.4. The fourth-order valence-electron chi connectivity index (χ4n) is 1.95. The second kappa shape index (κ2) is 6.51. The molecular formula is C12H22N2O2. The van der Waals surface area contributed by atoms with E-state index in [2.05, 4.69) is 0 Å². The molecule has 4 nitrogen and oxygen atoms in total. The molecule has 4 heteroatoms. The molecule has 0 unspecified atom stereocenters. The standard InChI is InChI=1S/C12H22N2O2/c1-3-6-11(15)13-8-5-9-14(10-13)12(16)7-4-2/h3-10H2,1-2H3. The average Bonchev–Trinajstić information content (AvgIpc) is 2.30. The molecule has 1 saturated heterocycles. The van der Waals surface area contributed by atoms with Gasteiger partial charge in [0.25, 0.3) is 0 Å². The molecule has 0 atom stereocenters. The third-order valence-electron chi connectivity index (χ3n) is 2.83. The number of amides is 2. The fraction of sp³-hybridized carbons (Fsp3) is 0.833. The molecule has 2 amide bonds. The van der Waals surface area contributed by atoms with E-state index in [0.29, 0.717) is 19.5 Å². The summed E-state index contributed by atoms with van der Waals surface area (Å²) in [6.45, 7) is 6.10. The Hall–Kier alpha value is -1.06. The first kappa shape index (κ1) is 13.0. The maximum atomic E-state index is 11.7. The van der Waals surface area contributed by atoms with Crippen molar-refractivity contribution in [3.8, 4) is 0 Å². The Kier molecular flexibility index (Phi) is 5.29. The number of rotatable bonds is 4. The molecule has 92 valence electrons. The van der Waals surface area contributed by atoms with Gasteiger partial charge in [0.1, 0.15) is 0 Å². The lowest BCUT2D eigenvalue weighted by Crippen LogP contribution is -2.49. The molecule has 0 N–H and O–H groups in total. The van der Waals surface area contributed by atoms with Crippen molar-refractivity contribution in [2.24, 2.45) is 0 Å². The summed E-state index contributed by atoms with van der Waals surface area (Å²) in [6.07, 6.45) is 3.84. The molecule has 1 heterocycles. The Balaban J connectivity index is 2.46. The minimum absolute atomic E-state index is 0.177. The second-order valence-corrected chi connectivity index (χ2v) is 4.31. The molecule has 16 heavy (non-hydrogen) atoms. The van der Waals surface area contributed by atoms with E-state index in [-0.39, 0.29) is 11.8 Å². The number of hydrogen-bond acceptors (Lipinski definition) is 2. The Labute approximate surface area is 97.6 Å². The molecule has 0 bridgehead atoms. The third kappa shape index (κ3) is 3.51. The van der Waals surface area contributed by atoms with Crippen LogP contribution in [-0.2, 0) is 9.59 Å². The largest absolute Gasteiger partial charge is 0.325 e. The summed E-state index contributed by atoms with van der Waals surface area (Å²) < 4.78 is 0. The maximum Gasteiger partial charge on any atom is 0.223 e. The lowest BCUT2D eigenvalue weighted by Gasteiger charge is -2.35. The molecule has 0 aromatic rings. The van der Waals surface area contributed by atoms with E-state index in [1.54, 1.807) is 9.80 Å². The van der Waals surface area contributed by atoms with Crippen molar-refractivity contribution < 1.29 is 9.59 Å². The minimum Gasteiger partial charge on any atom is -0.325 e. The minimum atomic E-state index is 0.177. The Bertz CT molecular complexity index is 229. The zero-order valence-electron chi connectivity index (χ0n) is 10.4. The van der Waals surface area contributed by atoms with Crippen LogP contribution in [-0.4, -0.2) is 41.4 Å². The number of hydrogen-bond donors (Lipinski definition) is 0. The van der Waals surface area contributed by atoms with Gasteiger partial charge in [0.05, 0.1) is 6.67 Å². The van der Waals surface area contributed by atoms with Crippen LogP contribution in [0.1, 0.15) is 46.0 Å². The molecule has 0 spiro atoms. The monoisotopic (exact) mass is 226 g/mol. The Morgan fingerprint density at radius 1 is 0.938 bits per heavy atom. The summed E-state index contributed by atoms with van der Waals surface area (Å²) >= 11 is 0. The number of nitrogens with zero attached hydrogens (tertiary/aromatic N) is 2. The molecule has 1 fully saturated rings. The highest BCUT2D eigenvalue weighted by atomic mass is 16.2. The van der Waals surface area contributed by atoms with Gasteiger partial charge in [-0.1, -0.05) is 13.8 Å². The van der Waals surface area contributed by atoms with Gasteiger partial charge in [-0.25, -0.2) is 0 Å². The van der Waals surface area contributed by atoms with E-state index in [1.807, 2.05) is 13.8 Å². The van der Waals surface area contributed by atoms with Crippen molar-refractivity contribution in [1.29, 1.82) is 0 Å². The van der Waals surface area contributed by atoms with Crippen LogP contribution in [0.25, 0.3) is 0 Å². The quantitative estimate of drug-likeness (QED) is 0.730. The lowest BCUT2D eigenvalue weighted by molar-refractivity contribution is -0.142. The van der Waals surface area contributed by atoms with Crippen molar-refractivity contribution >= 4 is 11.8 Å². The van der Waals surface area contributed by atoms with Gasteiger partial charge in [-0.05, 0) is 19.3 Å². The van der Waals surface area contributed by atoms with Crippen molar-refractivity contribution in [1.82, 2.24) is 9.80 Å². The molecular weight excluding hydrogens is 204 g/mol. The zero-order valence-corrected chi connectivity index (χ0v) is 10.4. The van der Waals surface area contributed by atoms with Gasteiger partial charge >= 0.3 is 0 Å². The Morgan fingerprint density at radius 3 is 1.75 bits per heavy atom. The first-order valence-corrected chi connectivity index (χ1v) is 6.24. The predicted octanol–water partition coefficient (Wildman–Crippen LogP) is 1.60. The van der Waals surface area contributed by atoms with Crippen LogP contribution >= 0.6 is 0 Å². The molecule has 0 aromatic carbocycles. The molecule has 0 radical (unpaired) electrons. The van der Waals surface area contributed by atoms with Gasteiger partial charge in [-0.2, -0.15) is 0 Å². The first-order valence-electron chi connectivity index (χ1n) is 6.24. The number of carbonyl (C=O) groups is 2. The summed E-state index contributed by atoms with van der Waals surface area (Å²) in [6, 6.07) is 0. The molecule has 1 aliphatic rings. The summed E-state index contributed by atoms with van der Waals surface area (Å²) in [7, 11) is 0. The van der Waals surface area contributed by atoms with E-state index in [9.17, 15) is 9.59 Å². The van der Waals surface area contributed by atoms with Gasteiger partial charge in [-0.15, -0.1) is 0 Å². The van der Waals surface area contributed by atoms with Gasteiger partial charge in [0.2, 0.25) is 11.8 Å². The fourth-order valence-corrected chi connectivity index (χ4v) is 1.95. The third-order valence-corrected chi connectivity index (χ3v) is 2.83. The second-order valence-electron chi connectivity index (χ2n) is 4.31. The molecule has 1 aliphatic heterocycles. The van der Waals surface area contributed by atoms with E-state index in [0.717, 1.165) is 32.4 Å². The van der Waals surface area contributed by atoms with E-state index in [4.69, 9.17) is 0 Å². The SMILES string of the molecule is CCCC(=O)N1CCCN(C(=O)CCC)C1. The summed E-state index contributed by atoms with van der Waals surface area (Å²) in [5.74, 6) is 0.355. The predicted molar refractivity (Wildman–Crippen MR) is 62.7 cm³/mol. The lowest BCUT2D eigenvalue weighted by atomic mass is 10.2. The van der Waals surface area contributed by atoms with Crippen LogP contribution in [0.5, 0.6) is 0 Å². The molecule has 0 aromatic heterocycles. The summed E-state index contributed by atoms with van der Waals surface area (Å²) in [4.78, 5) is 27.0. The first-order chi connectivity index (χ1) is 7.69. The number of carbonyl (C=O) groups excluding carboxylic acids is 2. The highest BCUT2D eigenvalue weighted by molar-refractivity contribution is 5.79. The van der Waals surface area contributed by atoms with Gasteiger partial charge in [-0.3, -0.25) is 9.59 Å². The molecule has 1 rings (SSSR count). The average molecular weight is 226 g/mol. The van der Waals surface area contributed by atoms with Crippen LogP contribution in [0.3, 0.4) is 0 Å². The zero-order chi connectivity index (χ0) is 12.0. The van der Waals surface area contributed by atoms with E-state index < -0.39 is 0 Å². The van der Waals surface area contributed by atoms with Gasteiger partial charge in [0.15, 0.2) is 0 Å². The van der Waals surface area contributed by atoms with Gasteiger partial charge < -0.3 is 9.80 Å². The van der Waals surface area contributed by atoms with Crippen molar-refractivity contribution in [2.75, 3.05) is 19.8 Å². The van der Waals surface area contributed by atoms with Crippen LogP contribution in [0, 0.1) is 0 Å². The van der Waals surface area contributed by atoms with Gasteiger partial charge in [0, 0.05) is 25.9 Å². The van der Waals surface area contributed by atoms with Crippen molar-refractivity contribution in [3.63, 3.8) is 0 Å². The summed E-state index contributed by atoms with van der Waals surface area (Å²) in [5, 5.41) is 0. The van der Waals surface area contributed by atoms with E-state index >= 15 is 0 Å². The summed E-state index contributed by atoms with van der Waals surface area (Å²) in [5.41, 5.74) is 0. The van der Waals surface area contributed by atoms with Crippen LogP contribution in [0.2, 0.25) is 0 Å². The topological polar surface area (TPSA) is 40.6 Å². The van der Waals surface area contributed by atoms with E-state index in [1.165, 1.54) is 0 Å². The van der Waals surface area contributed by atoms with Crippen LogP contribution in [0.4, 0.5) is 0 Å². The van der Waals surface area contributed by atoms with Crippen LogP contribution in [0.15, 0.2) is 0 Å². The Morgan fingerprint density at radius 2 is 1.38 bits per heavy atom. The maximum absolute atomic E-state index is 11.7. The van der Waals surface area contributed by atoms with Crippen molar-refractivity contribution in [2.45, 2.75) is 46.0 Å². The molecule has 0 aliphatic carbocycles. The van der Waals surface area contributed by atoms with Crippen LogP contribution < -0.4 is 0 Å². The smallest absolute Gasteiger partial charge is 0.223 e. The molecule has 0 saturated carbocycles. The highest BCUT2D eigenvalue weighted by Crippen LogP contribution is 2.10. The van der Waals surface area contributed by atoms with Crippen molar-refractivity contribution in [3.05, 3.63) is 0 Å². The highest BCUT2D eigenvalue weighted by Gasteiger charge is 2.23.